The zero-order chi connectivity index (χ0) is 14.3. The number of rotatable bonds is 6. The number of aliphatic hydroxyl groups is 1. The van der Waals surface area contributed by atoms with Crippen LogP contribution in [0.15, 0.2) is 36.4 Å². The van der Waals surface area contributed by atoms with Gasteiger partial charge in [0.2, 0.25) is 0 Å². The van der Waals surface area contributed by atoms with Gasteiger partial charge >= 0.3 is 11.9 Å². The van der Waals surface area contributed by atoms with Crippen LogP contribution in [0.4, 0.5) is 0 Å². The van der Waals surface area contributed by atoms with Gasteiger partial charge in [0.1, 0.15) is 0 Å². The van der Waals surface area contributed by atoms with E-state index in [4.69, 9.17) is 9.84 Å². The smallest absolute Gasteiger partial charge is 0.342 e. The van der Waals surface area contributed by atoms with Crippen LogP contribution in [-0.4, -0.2) is 34.4 Å². The second-order valence-electron chi connectivity index (χ2n) is 3.96. The van der Waals surface area contributed by atoms with E-state index in [1.54, 1.807) is 31.2 Å². The van der Waals surface area contributed by atoms with Crippen molar-refractivity contribution in [3.8, 4) is 0 Å². The van der Waals surface area contributed by atoms with Gasteiger partial charge in [-0.25, -0.2) is 4.79 Å². The van der Waals surface area contributed by atoms with Gasteiger partial charge in [0.05, 0.1) is 13.0 Å². The highest BCUT2D eigenvalue weighted by molar-refractivity contribution is 5.88. The van der Waals surface area contributed by atoms with Gasteiger partial charge in [-0.1, -0.05) is 36.4 Å². The average molecular weight is 264 g/mol. The van der Waals surface area contributed by atoms with E-state index in [9.17, 15) is 14.7 Å². The van der Waals surface area contributed by atoms with Crippen LogP contribution in [0.2, 0.25) is 0 Å². The first-order chi connectivity index (χ1) is 8.98. The van der Waals surface area contributed by atoms with E-state index in [0.717, 1.165) is 11.6 Å². The van der Waals surface area contributed by atoms with Crippen LogP contribution in [-0.2, 0) is 14.3 Å². The Morgan fingerprint density at radius 2 is 1.95 bits per heavy atom. The van der Waals surface area contributed by atoms with Crippen molar-refractivity contribution in [1.82, 2.24) is 0 Å². The highest BCUT2D eigenvalue weighted by atomic mass is 16.5. The molecule has 2 N–H and O–H groups in total. The Labute approximate surface area is 111 Å². The topological polar surface area (TPSA) is 83.8 Å². The third kappa shape index (κ3) is 4.56. The molecule has 0 aliphatic heterocycles. The zero-order valence-corrected chi connectivity index (χ0v) is 10.6. The average Bonchev–Trinajstić information content (AvgIpc) is 2.37. The van der Waals surface area contributed by atoms with Crippen molar-refractivity contribution >= 4 is 18.0 Å². The molecule has 0 amide bonds. The summed E-state index contributed by atoms with van der Waals surface area (Å²) in [5.74, 6) is -2.25. The Morgan fingerprint density at radius 1 is 1.32 bits per heavy atom. The fourth-order valence-corrected chi connectivity index (χ4v) is 1.48. The molecule has 1 aromatic rings. The van der Waals surface area contributed by atoms with Gasteiger partial charge in [-0.15, -0.1) is 0 Å². The first-order valence-electron chi connectivity index (χ1n) is 5.83. The number of benzene rings is 1. The predicted octanol–water partition coefficient (Wildman–Crippen LogP) is 1.47. The van der Waals surface area contributed by atoms with Gasteiger partial charge in [-0.05, 0) is 18.6 Å². The third-order valence-electron chi connectivity index (χ3n) is 2.40. The van der Waals surface area contributed by atoms with Crippen LogP contribution in [0.3, 0.4) is 0 Å². The molecule has 1 atom stereocenters. The van der Waals surface area contributed by atoms with Gasteiger partial charge in [0.15, 0.2) is 5.60 Å². The van der Waals surface area contributed by atoms with E-state index < -0.39 is 24.0 Å². The number of carbonyl (C=O) groups excluding carboxylic acids is 1. The molecular weight excluding hydrogens is 248 g/mol. The Bertz CT molecular complexity index is 466. The maximum Gasteiger partial charge on any atom is 0.342 e. The van der Waals surface area contributed by atoms with Gasteiger partial charge in [0.25, 0.3) is 0 Å². The van der Waals surface area contributed by atoms with Crippen molar-refractivity contribution < 1.29 is 24.5 Å². The first-order valence-corrected chi connectivity index (χ1v) is 5.83. The summed E-state index contributed by atoms with van der Waals surface area (Å²) in [7, 11) is 0. The van der Waals surface area contributed by atoms with E-state index in [1.165, 1.54) is 6.08 Å². The van der Waals surface area contributed by atoms with E-state index in [1.807, 2.05) is 6.07 Å². The van der Waals surface area contributed by atoms with Gasteiger partial charge in [0, 0.05) is 0 Å². The van der Waals surface area contributed by atoms with Crippen LogP contribution < -0.4 is 0 Å². The molecule has 0 bridgehead atoms. The number of aliphatic carboxylic acids is 1. The summed E-state index contributed by atoms with van der Waals surface area (Å²) >= 11 is 0. The molecule has 0 saturated carbocycles. The summed E-state index contributed by atoms with van der Waals surface area (Å²) in [6.07, 6.45) is 1.89. The molecule has 0 aromatic heterocycles. The molecular formula is C14H16O5. The van der Waals surface area contributed by atoms with Gasteiger partial charge in [-0.3, -0.25) is 4.79 Å². The molecule has 1 rings (SSSR count). The molecule has 0 saturated heterocycles. The molecule has 5 nitrogen and oxygen atoms in total. The van der Waals surface area contributed by atoms with E-state index >= 15 is 0 Å². The molecule has 102 valence electrons. The van der Waals surface area contributed by atoms with Crippen molar-refractivity contribution in [2.24, 2.45) is 0 Å². The fourth-order valence-electron chi connectivity index (χ4n) is 1.48. The molecule has 0 aliphatic rings. The monoisotopic (exact) mass is 264 g/mol. The Hall–Kier alpha value is -2.14. The lowest BCUT2D eigenvalue weighted by Gasteiger charge is -2.20. The largest absolute Gasteiger partial charge is 0.481 e. The van der Waals surface area contributed by atoms with Crippen molar-refractivity contribution in [3.05, 3.63) is 42.0 Å². The van der Waals surface area contributed by atoms with Crippen LogP contribution in [0.25, 0.3) is 6.08 Å². The lowest BCUT2D eigenvalue weighted by Crippen LogP contribution is -2.40. The number of carboxylic acid groups (broad SMARTS) is 1. The SMILES string of the molecule is CCOC(=O)C(O)(/C=C/c1ccccc1)CC(=O)O. The second kappa shape index (κ2) is 6.70. The Balaban J connectivity index is 2.94. The molecule has 19 heavy (non-hydrogen) atoms. The van der Waals surface area contributed by atoms with Crippen LogP contribution >= 0.6 is 0 Å². The number of esters is 1. The van der Waals surface area contributed by atoms with Gasteiger partial charge < -0.3 is 14.9 Å². The lowest BCUT2D eigenvalue weighted by molar-refractivity contribution is -0.165. The summed E-state index contributed by atoms with van der Waals surface area (Å²) in [5.41, 5.74) is -1.41. The number of hydrogen-bond donors (Lipinski definition) is 2. The summed E-state index contributed by atoms with van der Waals surface area (Å²) in [5, 5.41) is 18.9. The Morgan fingerprint density at radius 3 is 2.47 bits per heavy atom. The summed E-state index contributed by atoms with van der Waals surface area (Å²) in [6.45, 7) is 1.65. The van der Waals surface area contributed by atoms with E-state index in [2.05, 4.69) is 0 Å². The molecule has 0 radical (unpaired) electrons. The number of ether oxygens (including phenoxy) is 1. The summed E-state index contributed by atoms with van der Waals surface area (Å²) < 4.78 is 4.69. The summed E-state index contributed by atoms with van der Waals surface area (Å²) in [6, 6.07) is 8.94. The number of carbonyl (C=O) groups is 2. The molecule has 1 aromatic carbocycles. The van der Waals surface area contributed by atoms with Crippen molar-refractivity contribution in [2.75, 3.05) is 6.61 Å². The zero-order valence-electron chi connectivity index (χ0n) is 10.6. The predicted molar refractivity (Wildman–Crippen MR) is 69.3 cm³/mol. The highest BCUT2D eigenvalue weighted by Gasteiger charge is 2.37. The normalized spacial score (nSPS) is 14.0. The maximum absolute atomic E-state index is 11.6. The lowest BCUT2D eigenvalue weighted by atomic mass is 9.98. The molecule has 5 heteroatoms. The highest BCUT2D eigenvalue weighted by Crippen LogP contribution is 2.17. The van der Waals surface area contributed by atoms with Crippen LogP contribution in [0.1, 0.15) is 18.9 Å². The minimum absolute atomic E-state index is 0.0694. The molecule has 0 spiro atoms. The van der Waals surface area contributed by atoms with E-state index in [-0.39, 0.29) is 6.61 Å². The fraction of sp³-hybridized carbons (Fsp3) is 0.286. The number of hydrogen-bond acceptors (Lipinski definition) is 4. The summed E-state index contributed by atoms with van der Waals surface area (Å²) in [4.78, 5) is 22.4. The standard InChI is InChI=1S/C14H16O5/c1-2-19-13(17)14(18,10-12(15)16)9-8-11-6-4-3-5-7-11/h3-9,18H,2,10H2,1H3,(H,15,16)/b9-8+. The molecule has 0 aliphatic carbocycles. The minimum Gasteiger partial charge on any atom is -0.481 e. The van der Waals surface area contributed by atoms with Crippen molar-refractivity contribution in [2.45, 2.75) is 18.9 Å². The quantitative estimate of drug-likeness (QED) is 0.760. The van der Waals surface area contributed by atoms with Crippen molar-refractivity contribution in [1.29, 1.82) is 0 Å². The molecule has 0 fully saturated rings. The van der Waals surface area contributed by atoms with Crippen molar-refractivity contribution in [3.63, 3.8) is 0 Å². The third-order valence-corrected chi connectivity index (χ3v) is 2.40. The second-order valence-corrected chi connectivity index (χ2v) is 3.96. The van der Waals surface area contributed by atoms with Crippen LogP contribution in [0.5, 0.6) is 0 Å². The molecule has 0 heterocycles. The molecule has 1 unspecified atom stereocenters. The van der Waals surface area contributed by atoms with Crippen LogP contribution in [0, 0.1) is 0 Å². The van der Waals surface area contributed by atoms with Gasteiger partial charge in [-0.2, -0.15) is 0 Å². The first kappa shape index (κ1) is 14.9. The maximum atomic E-state index is 11.6. The Kier molecular flexibility index (Phi) is 5.26. The van der Waals surface area contributed by atoms with E-state index in [0.29, 0.717) is 0 Å². The number of carboxylic acids is 1. The minimum atomic E-state index is -2.16.